The number of ketones is 1. The molecule has 4 rings (SSSR count). The summed E-state index contributed by atoms with van der Waals surface area (Å²) in [4.78, 5) is 43.9. The van der Waals surface area contributed by atoms with E-state index in [0.717, 1.165) is 12.0 Å². The highest BCUT2D eigenvalue weighted by Gasteiger charge is 2.19. The summed E-state index contributed by atoms with van der Waals surface area (Å²) in [6.45, 7) is 7.99. The van der Waals surface area contributed by atoms with Gasteiger partial charge in [-0.05, 0) is 54.7 Å². The molecule has 0 saturated carbocycles. The van der Waals surface area contributed by atoms with Crippen LogP contribution in [0.1, 0.15) is 59.4 Å². The van der Waals surface area contributed by atoms with Crippen LogP contribution in [0.5, 0.6) is 0 Å². The van der Waals surface area contributed by atoms with Crippen molar-refractivity contribution in [1.29, 1.82) is 0 Å². The predicted molar refractivity (Wildman–Crippen MR) is 139 cm³/mol. The Morgan fingerprint density at radius 1 is 0.971 bits per heavy atom. The van der Waals surface area contributed by atoms with Crippen molar-refractivity contribution in [2.75, 3.05) is 5.32 Å². The van der Waals surface area contributed by atoms with Gasteiger partial charge in [0, 0.05) is 23.1 Å². The van der Waals surface area contributed by atoms with Crippen LogP contribution in [0.2, 0.25) is 0 Å². The zero-order chi connectivity index (χ0) is 25.1. The molecule has 0 aliphatic rings. The van der Waals surface area contributed by atoms with E-state index in [-0.39, 0.29) is 23.8 Å². The van der Waals surface area contributed by atoms with Crippen LogP contribution in [0.25, 0.3) is 11.0 Å². The highest BCUT2D eigenvalue weighted by atomic mass is 16.2. The summed E-state index contributed by atoms with van der Waals surface area (Å²) >= 11 is 0. The maximum Gasteiger partial charge on any atom is 0.244 e. The van der Waals surface area contributed by atoms with E-state index in [1.165, 1.54) is 11.8 Å². The standard InChI is InChI=1S/C29H29N3O3/c1-5-20-7-9-22(10-8-20)27(34)25-16-32(29-24(28(25)35)15-6-19(4)30-29)17-26(33)31-23-13-11-21(12-14-23)18(2)3/h6-16,18H,5,17H2,1-4H3,(H,31,33). The molecule has 0 radical (unpaired) electrons. The average molecular weight is 468 g/mol. The SMILES string of the molecule is CCc1ccc(C(=O)c2cn(CC(=O)Nc3ccc(C(C)C)cc3)c3nc(C)ccc3c2=O)cc1. The van der Waals surface area contributed by atoms with Crippen LogP contribution in [0.4, 0.5) is 5.69 Å². The molecule has 4 aromatic rings. The Bertz CT molecular complexity index is 1450. The number of fused-ring (bicyclic) bond motifs is 1. The van der Waals surface area contributed by atoms with E-state index < -0.39 is 5.43 Å². The minimum atomic E-state index is -0.391. The lowest BCUT2D eigenvalue weighted by molar-refractivity contribution is -0.116. The number of anilines is 1. The lowest BCUT2D eigenvalue weighted by atomic mass is 10.0. The number of amides is 1. The molecule has 178 valence electrons. The van der Waals surface area contributed by atoms with Gasteiger partial charge in [0.25, 0.3) is 0 Å². The third-order valence-electron chi connectivity index (χ3n) is 6.10. The number of pyridine rings is 2. The summed E-state index contributed by atoms with van der Waals surface area (Å²) in [6.07, 6.45) is 2.31. The molecule has 0 saturated heterocycles. The Kier molecular flexibility index (Phi) is 6.92. The van der Waals surface area contributed by atoms with Crippen molar-refractivity contribution in [3.05, 3.63) is 105 Å². The number of aryl methyl sites for hydroxylation is 2. The van der Waals surface area contributed by atoms with Crippen molar-refractivity contribution in [1.82, 2.24) is 9.55 Å². The summed E-state index contributed by atoms with van der Waals surface area (Å²) < 4.78 is 1.58. The van der Waals surface area contributed by atoms with Crippen LogP contribution in [-0.4, -0.2) is 21.2 Å². The number of carbonyl (C=O) groups is 2. The predicted octanol–water partition coefficient (Wildman–Crippen LogP) is 5.26. The topological polar surface area (TPSA) is 81.1 Å². The molecule has 6 nitrogen and oxygen atoms in total. The Morgan fingerprint density at radius 2 is 1.66 bits per heavy atom. The molecular formula is C29H29N3O3. The van der Waals surface area contributed by atoms with Crippen molar-refractivity contribution in [3.63, 3.8) is 0 Å². The van der Waals surface area contributed by atoms with Crippen molar-refractivity contribution >= 4 is 28.4 Å². The van der Waals surface area contributed by atoms with Crippen LogP contribution >= 0.6 is 0 Å². The van der Waals surface area contributed by atoms with Gasteiger partial charge in [-0.1, -0.05) is 57.2 Å². The van der Waals surface area contributed by atoms with E-state index in [1.807, 2.05) is 50.2 Å². The Balaban J connectivity index is 1.69. The Morgan fingerprint density at radius 3 is 2.29 bits per heavy atom. The number of hydrogen-bond acceptors (Lipinski definition) is 4. The number of nitrogens with zero attached hydrogens (tertiary/aromatic N) is 2. The first-order valence-corrected chi connectivity index (χ1v) is 11.8. The number of rotatable bonds is 7. The second-order valence-electron chi connectivity index (χ2n) is 9.03. The first kappa shape index (κ1) is 24.1. The molecule has 1 N–H and O–H groups in total. The van der Waals surface area contributed by atoms with Gasteiger partial charge < -0.3 is 9.88 Å². The quantitative estimate of drug-likeness (QED) is 0.376. The molecule has 6 heteroatoms. The normalized spacial score (nSPS) is 11.1. The summed E-state index contributed by atoms with van der Waals surface area (Å²) in [7, 11) is 0. The third-order valence-corrected chi connectivity index (χ3v) is 6.10. The smallest absolute Gasteiger partial charge is 0.244 e. The van der Waals surface area contributed by atoms with Gasteiger partial charge in [-0.25, -0.2) is 4.98 Å². The summed E-state index contributed by atoms with van der Waals surface area (Å²) in [5, 5.41) is 3.20. The van der Waals surface area contributed by atoms with Crippen LogP contribution < -0.4 is 10.7 Å². The lowest BCUT2D eigenvalue weighted by Crippen LogP contribution is -2.25. The van der Waals surface area contributed by atoms with Crippen molar-refractivity contribution in [2.45, 2.75) is 46.6 Å². The molecule has 2 aromatic heterocycles. The molecule has 0 fully saturated rings. The van der Waals surface area contributed by atoms with Gasteiger partial charge in [-0.3, -0.25) is 14.4 Å². The van der Waals surface area contributed by atoms with E-state index in [9.17, 15) is 14.4 Å². The first-order chi connectivity index (χ1) is 16.8. The molecule has 0 atom stereocenters. The monoisotopic (exact) mass is 467 g/mol. The summed E-state index contributed by atoms with van der Waals surface area (Å²) in [5.74, 6) is -0.254. The molecule has 2 aromatic carbocycles. The van der Waals surface area contributed by atoms with Gasteiger partial charge >= 0.3 is 0 Å². The molecule has 0 aliphatic heterocycles. The lowest BCUT2D eigenvalue weighted by Gasteiger charge is -2.14. The Hall–Kier alpha value is -4.06. The van der Waals surface area contributed by atoms with Gasteiger partial charge in [0.1, 0.15) is 12.2 Å². The fourth-order valence-corrected chi connectivity index (χ4v) is 4.00. The number of hydrogen-bond donors (Lipinski definition) is 1. The van der Waals surface area contributed by atoms with Crippen LogP contribution in [0, 0.1) is 6.92 Å². The van der Waals surface area contributed by atoms with E-state index in [2.05, 4.69) is 24.1 Å². The number of aromatic nitrogens is 2. The molecule has 0 unspecified atom stereocenters. The zero-order valence-corrected chi connectivity index (χ0v) is 20.5. The van der Waals surface area contributed by atoms with Gasteiger partial charge in [-0.15, -0.1) is 0 Å². The zero-order valence-electron chi connectivity index (χ0n) is 20.5. The number of carbonyl (C=O) groups excluding carboxylic acids is 2. The highest BCUT2D eigenvalue weighted by Crippen LogP contribution is 2.18. The van der Waals surface area contributed by atoms with Crippen LogP contribution in [0.15, 0.2) is 71.7 Å². The van der Waals surface area contributed by atoms with E-state index in [0.29, 0.717) is 33.9 Å². The maximum absolute atomic E-state index is 13.3. The summed E-state index contributed by atoms with van der Waals surface area (Å²) in [5.41, 5.74) is 4.11. The van der Waals surface area contributed by atoms with E-state index in [4.69, 9.17) is 0 Å². The molecular weight excluding hydrogens is 438 g/mol. The number of benzene rings is 2. The Labute approximate surface area is 204 Å². The fourth-order valence-electron chi connectivity index (χ4n) is 4.00. The third kappa shape index (κ3) is 5.22. The van der Waals surface area contributed by atoms with Gasteiger partial charge in [-0.2, -0.15) is 0 Å². The second-order valence-corrected chi connectivity index (χ2v) is 9.03. The highest BCUT2D eigenvalue weighted by molar-refractivity contribution is 6.10. The minimum absolute atomic E-state index is 0.0153. The van der Waals surface area contributed by atoms with E-state index in [1.54, 1.807) is 28.8 Å². The number of nitrogens with one attached hydrogen (secondary N) is 1. The molecule has 1 amide bonds. The second kappa shape index (κ2) is 10.1. The van der Waals surface area contributed by atoms with Crippen molar-refractivity contribution in [2.24, 2.45) is 0 Å². The van der Waals surface area contributed by atoms with Gasteiger partial charge in [0.05, 0.1) is 10.9 Å². The molecule has 0 bridgehead atoms. The maximum atomic E-state index is 13.3. The van der Waals surface area contributed by atoms with Crippen LogP contribution in [-0.2, 0) is 17.8 Å². The van der Waals surface area contributed by atoms with Crippen molar-refractivity contribution in [3.8, 4) is 0 Å². The minimum Gasteiger partial charge on any atom is -0.325 e. The molecule has 35 heavy (non-hydrogen) atoms. The summed E-state index contributed by atoms with van der Waals surface area (Å²) in [6, 6.07) is 18.3. The van der Waals surface area contributed by atoms with Gasteiger partial charge in [0.15, 0.2) is 5.78 Å². The fraction of sp³-hybridized carbons (Fsp3) is 0.241. The molecule has 0 aliphatic carbocycles. The van der Waals surface area contributed by atoms with Crippen molar-refractivity contribution < 1.29 is 9.59 Å². The first-order valence-electron chi connectivity index (χ1n) is 11.8. The molecule has 0 spiro atoms. The van der Waals surface area contributed by atoms with Crippen LogP contribution in [0.3, 0.4) is 0 Å². The molecule has 2 heterocycles. The van der Waals surface area contributed by atoms with E-state index >= 15 is 0 Å². The van der Waals surface area contributed by atoms with Gasteiger partial charge in [0.2, 0.25) is 11.3 Å². The average Bonchev–Trinajstić information content (AvgIpc) is 2.85. The largest absolute Gasteiger partial charge is 0.325 e.